The summed E-state index contributed by atoms with van der Waals surface area (Å²) >= 11 is 7.37. The Hall–Kier alpha value is -3.55. The van der Waals surface area contributed by atoms with Crippen molar-refractivity contribution in [3.05, 3.63) is 94.8 Å². The maximum Gasteiger partial charge on any atom is 0.301 e. The smallest absolute Gasteiger partial charge is 0.301 e. The first-order valence-electron chi connectivity index (χ1n) is 9.38. The van der Waals surface area contributed by atoms with Crippen LogP contribution in [0.5, 0.6) is 0 Å². The lowest BCUT2D eigenvalue weighted by atomic mass is 9.98. The molecule has 2 aromatic carbocycles. The molecule has 1 unspecified atom stereocenters. The van der Waals surface area contributed by atoms with Gasteiger partial charge in [0.25, 0.3) is 5.78 Å². The molecule has 31 heavy (non-hydrogen) atoms. The Morgan fingerprint density at radius 2 is 1.84 bits per heavy atom. The van der Waals surface area contributed by atoms with Gasteiger partial charge in [-0.05, 0) is 36.4 Å². The highest BCUT2D eigenvalue weighted by molar-refractivity contribution is 7.22. The molecule has 8 heteroatoms. The second kappa shape index (κ2) is 7.61. The van der Waals surface area contributed by atoms with Gasteiger partial charge in [0.2, 0.25) is 0 Å². The maximum absolute atomic E-state index is 13.1. The summed E-state index contributed by atoms with van der Waals surface area (Å²) in [4.78, 5) is 36.4. The fourth-order valence-corrected chi connectivity index (χ4v) is 4.78. The Labute approximate surface area is 186 Å². The quantitative estimate of drug-likeness (QED) is 0.272. The minimum absolute atomic E-state index is 0.0507. The number of fused-ring (bicyclic) bond motifs is 1. The van der Waals surface area contributed by atoms with Crippen LogP contribution in [0.3, 0.4) is 0 Å². The molecule has 0 aliphatic carbocycles. The van der Waals surface area contributed by atoms with Crippen molar-refractivity contribution in [1.82, 2.24) is 9.97 Å². The molecule has 1 N–H and O–H groups in total. The number of carbonyl (C=O) groups excluding carboxylic acids is 2. The summed E-state index contributed by atoms with van der Waals surface area (Å²) in [6.07, 6.45) is 1.58. The summed E-state index contributed by atoms with van der Waals surface area (Å²) in [5.74, 6) is -1.87. The number of ketones is 1. The minimum Gasteiger partial charge on any atom is -0.507 e. The van der Waals surface area contributed by atoms with E-state index in [9.17, 15) is 14.7 Å². The van der Waals surface area contributed by atoms with E-state index in [0.29, 0.717) is 21.4 Å². The van der Waals surface area contributed by atoms with Gasteiger partial charge in [-0.15, -0.1) is 0 Å². The van der Waals surface area contributed by atoms with E-state index in [1.54, 1.807) is 42.6 Å². The molecule has 4 aromatic rings. The standard InChI is InChI=1S/C23H14ClN3O3S/c24-14-7-5-6-13(12-14)20(28)18-19(16-9-3-4-11-25-16)27(22(30)21(18)29)23-26-15-8-1-2-10-17(15)31-23/h1-12,19,28H/b20-18+. The van der Waals surface area contributed by atoms with Crippen molar-refractivity contribution in [2.24, 2.45) is 0 Å². The van der Waals surface area contributed by atoms with Gasteiger partial charge in [-0.1, -0.05) is 53.3 Å². The number of aliphatic hydroxyl groups excluding tert-OH is 1. The highest BCUT2D eigenvalue weighted by Gasteiger charge is 2.48. The van der Waals surface area contributed by atoms with Gasteiger partial charge in [-0.3, -0.25) is 19.5 Å². The van der Waals surface area contributed by atoms with E-state index in [4.69, 9.17) is 11.6 Å². The number of hydrogen-bond acceptors (Lipinski definition) is 6. The number of carbonyl (C=O) groups is 2. The normalized spacial score (nSPS) is 18.1. The van der Waals surface area contributed by atoms with Crippen LogP contribution in [0.15, 0.2) is 78.5 Å². The van der Waals surface area contributed by atoms with Gasteiger partial charge in [0.05, 0.1) is 21.5 Å². The maximum atomic E-state index is 13.1. The van der Waals surface area contributed by atoms with Crippen molar-refractivity contribution in [1.29, 1.82) is 0 Å². The monoisotopic (exact) mass is 447 g/mol. The second-order valence-corrected chi connectivity index (χ2v) is 8.34. The van der Waals surface area contributed by atoms with E-state index in [1.165, 1.54) is 22.3 Å². The molecule has 1 aliphatic heterocycles. The molecule has 0 bridgehead atoms. The third kappa shape index (κ3) is 3.28. The van der Waals surface area contributed by atoms with Crippen LogP contribution in [-0.4, -0.2) is 26.8 Å². The number of para-hydroxylation sites is 1. The number of aromatic nitrogens is 2. The number of hydrogen-bond donors (Lipinski definition) is 1. The summed E-state index contributed by atoms with van der Waals surface area (Å²) in [5, 5.41) is 11.8. The van der Waals surface area contributed by atoms with E-state index in [-0.39, 0.29) is 11.3 Å². The van der Waals surface area contributed by atoms with Crippen LogP contribution in [-0.2, 0) is 9.59 Å². The summed E-state index contributed by atoms with van der Waals surface area (Å²) < 4.78 is 0.883. The Kier molecular flexibility index (Phi) is 4.77. The van der Waals surface area contributed by atoms with Gasteiger partial charge in [0.1, 0.15) is 11.8 Å². The predicted octanol–water partition coefficient (Wildman–Crippen LogP) is 4.97. The van der Waals surface area contributed by atoms with Crippen LogP contribution in [0.4, 0.5) is 5.13 Å². The Bertz CT molecular complexity index is 1330. The first-order valence-corrected chi connectivity index (χ1v) is 10.6. The van der Waals surface area contributed by atoms with Crippen molar-refractivity contribution < 1.29 is 14.7 Å². The van der Waals surface area contributed by atoms with E-state index in [1.807, 2.05) is 24.3 Å². The van der Waals surface area contributed by atoms with Crippen LogP contribution in [0.25, 0.3) is 16.0 Å². The highest BCUT2D eigenvalue weighted by Crippen LogP contribution is 2.43. The molecule has 6 nitrogen and oxygen atoms in total. The van der Waals surface area contributed by atoms with Gasteiger partial charge in [-0.2, -0.15) is 0 Å². The molecule has 1 aliphatic rings. The number of rotatable bonds is 3. The number of Topliss-reactive ketones (excluding diaryl/α,β-unsaturated/α-hetero) is 1. The molecular weight excluding hydrogens is 434 g/mol. The van der Waals surface area contributed by atoms with Gasteiger partial charge in [0.15, 0.2) is 5.13 Å². The second-order valence-electron chi connectivity index (χ2n) is 6.90. The highest BCUT2D eigenvalue weighted by atomic mass is 35.5. The number of benzene rings is 2. The zero-order chi connectivity index (χ0) is 21.5. The number of nitrogens with zero attached hydrogens (tertiary/aromatic N) is 3. The van der Waals surface area contributed by atoms with E-state index >= 15 is 0 Å². The summed E-state index contributed by atoms with van der Waals surface area (Å²) in [5.41, 5.74) is 1.46. The van der Waals surface area contributed by atoms with Crippen molar-refractivity contribution >= 4 is 55.7 Å². The number of thiazole rings is 1. The van der Waals surface area contributed by atoms with Gasteiger partial charge >= 0.3 is 5.91 Å². The predicted molar refractivity (Wildman–Crippen MR) is 120 cm³/mol. The number of amides is 1. The van der Waals surface area contributed by atoms with Gasteiger partial charge in [0, 0.05) is 16.8 Å². The molecule has 1 atom stereocenters. The van der Waals surface area contributed by atoms with Crippen LogP contribution < -0.4 is 4.90 Å². The topological polar surface area (TPSA) is 83.4 Å². The zero-order valence-corrected chi connectivity index (χ0v) is 17.5. The number of anilines is 1. The van der Waals surface area contributed by atoms with E-state index in [2.05, 4.69) is 9.97 Å². The Balaban J connectivity index is 1.74. The number of halogens is 1. The van der Waals surface area contributed by atoms with Crippen LogP contribution in [0.2, 0.25) is 5.02 Å². The summed E-state index contributed by atoms with van der Waals surface area (Å²) in [6, 6.07) is 18.3. The average molecular weight is 448 g/mol. The lowest BCUT2D eigenvalue weighted by Gasteiger charge is -2.21. The van der Waals surface area contributed by atoms with Crippen molar-refractivity contribution in [3.8, 4) is 0 Å². The zero-order valence-electron chi connectivity index (χ0n) is 15.9. The Morgan fingerprint density at radius 1 is 1.03 bits per heavy atom. The van der Waals surface area contributed by atoms with Gasteiger partial charge < -0.3 is 5.11 Å². The van der Waals surface area contributed by atoms with Gasteiger partial charge in [-0.25, -0.2) is 4.98 Å². The van der Waals surface area contributed by atoms with Crippen molar-refractivity contribution in [2.75, 3.05) is 4.90 Å². The van der Waals surface area contributed by atoms with Crippen molar-refractivity contribution in [3.63, 3.8) is 0 Å². The first kappa shape index (κ1) is 19.4. The third-order valence-electron chi connectivity index (χ3n) is 5.00. The van der Waals surface area contributed by atoms with Crippen LogP contribution in [0, 0.1) is 0 Å². The van der Waals surface area contributed by atoms with Crippen LogP contribution >= 0.6 is 22.9 Å². The lowest BCUT2D eigenvalue weighted by molar-refractivity contribution is -0.132. The summed E-state index contributed by atoms with van der Waals surface area (Å²) in [6.45, 7) is 0. The molecule has 1 saturated heterocycles. The summed E-state index contributed by atoms with van der Waals surface area (Å²) in [7, 11) is 0. The SMILES string of the molecule is O=C1C(=O)N(c2nc3ccccc3s2)C(c2ccccn2)/C1=C(\O)c1cccc(Cl)c1. The lowest BCUT2D eigenvalue weighted by Crippen LogP contribution is -2.29. The van der Waals surface area contributed by atoms with E-state index < -0.39 is 17.7 Å². The molecule has 152 valence electrons. The average Bonchev–Trinajstić information content (AvgIpc) is 3.32. The minimum atomic E-state index is -0.916. The molecule has 0 radical (unpaired) electrons. The molecule has 5 rings (SSSR count). The largest absolute Gasteiger partial charge is 0.507 e. The first-order chi connectivity index (χ1) is 15.0. The third-order valence-corrected chi connectivity index (χ3v) is 6.27. The molecule has 1 amide bonds. The van der Waals surface area contributed by atoms with Crippen LogP contribution in [0.1, 0.15) is 17.3 Å². The Morgan fingerprint density at radius 3 is 2.58 bits per heavy atom. The fraction of sp³-hybridized carbons (Fsp3) is 0.0435. The molecule has 1 fully saturated rings. The molecule has 0 spiro atoms. The molecular formula is C23H14ClN3O3S. The molecule has 3 heterocycles. The molecule has 0 saturated carbocycles. The van der Waals surface area contributed by atoms with Crippen molar-refractivity contribution in [2.45, 2.75) is 6.04 Å². The fourth-order valence-electron chi connectivity index (χ4n) is 3.60. The molecule has 2 aromatic heterocycles. The number of pyridine rings is 1. The number of aliphatic hydroxyl groups is 1. The van der Waals surface area contributed by atoms with E-state index in [0.717, 1.165) is 10.2 Å².